The van der Waals surface area contributed by atoms with Crippen LogP contribution in [-0.2, 0) is 45.2 Å². The number of hydrogen-bond donors (Lipinski definition) is 4. The van der Waals surface area contributed by atoms with E-state index in [1.165, 1.54) is 0 Å². The van der Waals surface area contributed by atoms with Gasteiger partial charge in [-0.1, -0.05) is 97.1 Å². The second-order valence-electron chi connectivity index (χ2n) is 11.1. The molecular weight excluding hydrogens is 584 g/mol. The van der Waals surface area contributed by atoms with E-state index in [9.17, 15) is 19.2 Å². The van der Waals surface area contributed by atoms with Gasteiger partial charge in [0, 0.05) is 12.8 Å². The summed E-state index contributed by atoms with van der Waals surface area (Å²) in [4.78, 5) is 50.8. The van der Waals surface area contributed by atoms with Crippen molar-refractivity contribution in [1.29, 1.82) is 0 Å². The molecule has 0 aliphatic carbocycles. The maximum absolute atomic E-state index is 12.9. The second-order valence-corrected chi connectivity index (χ2v) is 11.1. The van der Waals surface area contributed by atoms with Crippen molar-refractivity contribution in [2.24, 2.45) is 5.73 Å². The van der Waals surface area contributed by atoms with Crippen LogP contribution in [0.3, 0.4) is 0 Å². The molecule has 46 heavy (non-hydrogen) atoms. The lowest BCUT2D eigenvalue weighted by atomic mass is 10.0. The van der Waals surface area contributed by atoms with Crippen molar-refractivity contribution in [2.75, 3.05) is 0 Å². The molecule has 5 rings (SSSR count). The van der Waals surface area contributed by atoms with Gasteiger partial charge >= 0.3 is 0 Å². The summed E-state index contributed by atoms with van der Waals surface area (Å²) in [6.07, 6.45) is 0.0510. The predicted molar refractivity (Wildman–Crippen MR) is 171 cm³/mol. The average Bonchev–Trinajstić information content (AvgIpc) is 3.06. The second kappa shape index (κ2) is 15.4. The standard InChI is InChI=1S/C36H36N4O6/c37-34(42)28(38-33(41)21-30-36(44)39-29(35(43)40-30)18-24-10-4-1-5-11-24)19-27-16-17-31(45-22-25-12-6-2-7-13-25)32(20-27)46-23-26-14-8-3-9-15-26/h1-17,20,28-30H,18-19,21-23H2,(H2,37,42)(H,38,41)(H,39,44)(H,40,43)/t28-,29+,30+/m1/s1. The zero-order valence-corrected chi connectivity index (χ0v) is 25.2. The summed E-state index contributed by atoms with van der Waals surface area (Å²) in [6, 6.07) is 31.1. The van der Waals surface area contributed by atoms with Crippen molar-refractivity contribution in [1.82, 2.24) is 16.0 Å². The van der Waals surface area contributed by atoms with Crippen LogP contribution < -0.4 is 31.2 Å². The Kier molecular flexibility index (Phi) is 10.6. The number of carbonyl (C=O) groups excluding carboxylic acids is 4. The van der Waals surface area contributed by atoms with Crippen LogP contribution in [0, 0.1) is 0 Å². The number of nitrogens with one attached hydrogen (secondary N) is 3. The highest BCUT2D eigenvalue weighted by Gasteiger charge is 2.35. The number of hydrogen-bond acceptors (Lipinski definition) is 6. The van der Waals surface area contributed by atoms with Crippen molar-refractivity contribution in [2.45, 2.75) is 50.6 Å². The molecule has 0 radical (unpaired) electrons. The average molecular weight is 621 g/mol. The van der Waals surface area contributed by atoms with E-state index in [0.717, 1.165) is 16.7 Å². The number of ether oxygens (including phenoxy) is 2. The summed E-state index contributed by atoms with van der Waals surface area (Å²) >= 11 is 0. The highest BCUT2D eigenvalue weighted by atomic mass is 16.5. The zero-order chi connectivity index (χ0) is 32.3. The third kappa shape index (κ3) is 8.95. The molecule has 1 fully saturated rings. The van der Waals surface area contributed by atoms with Crippen LogP contribution in [0.25, 0.3) is 0 Å². The van der Waals surface area contributed by atoms with Crippen molar-refractivity contribution < 1.29 is 28.7 Å². The number of primary amides is 1. The summed E-state index contributed by atoms with van der Waals surface area (Å²) in [5.74, 6) is -1.21. The first kappa shape index (κ1) is 31.8. The minimum absolute atomic E-state index is 0.0735. The van der Waals surface area contributed by atoms with Crippen LogP contribution in [0.15, 0.2) is 109 Å². The smallest absolute Gasteiger partial charge is 0.243 e. The SMILES string of the molecule is NC(=O)[C@@H](Cc1ccc(OCc2ccccc2)c(OCc2ccccc2)c1)NC(=O)C[C@@H]1NC(=O)[C@H](Cc2ccccc2)NC1=O. The van der Waals surface area contributed by atoms with Crippen LogP contribution in [0.1, 0.15) is 28.7 Å². The molecule has 10 nitrogen and oxygen atoms in total. The lowest BCUT2D eigenvalue weighted by Gasteiger charge is -2.29. The Bertz CT molecular complexity index is 1650. The van der Waals surface area contributed by atoms with Gasteiger partial charge in [-0.25, -0.2) is 0 Å². The van der Waals surface area contributed by atoms with E-state index in [1.807, 2.05) is 91.0 Å². The molecule has 4 aromatic carbocycles. The summed E-state index contributed by atoms with van der Waals surface area (Å²) in [6.45, 7) is 0.628. The van der Waals surface area contributed by atoms with Gasteiger partial charge in [-0.2, -0.15) is 0 Å². The number of nitrogens with two attached hydrogens (primary N) is 1. The highest BCUT2D eigenvalue weighted by molar-refractivity contribution is 5.99. The lowest BCUT2D eigenvalue weighted by Crippen LogP contribution is -2.63. The Hall–Kier alpha value is -5.64. The first-order chi connectivity index (χ1) is 22.3. The molecule has 4 aromatic rings. The normalized spacial score (nSPS) is 16.4. The summed E-state index contributed by atoms with van der Waals surface area (Å²) in [7, 11) is 0. The van der Waals surface area contributed by atoms with Crippen molar-refractivity contribution in [3.05, 3.63) is 131 Å². The molecule has 0 aromatic heterocycles. The topological polar surface area (TPSA) is 149 Å². The number of carbonyl (C=O) groups is 4. The number of rotatable bonds is 14. The Morgan fingerprint density at radius 1 is 0.674 bits per heavy atom. The molecule has 1 saturated heterocycles. The maximum atomic E-state index is 12.9. The van der Waals surface area contributed by atoms with E-state index >= 15 is 0 Å². The molecule has 1 aliphatic heterocycles. The largest absolute Gasteiger partial charge is 0.485 e. The molecule has 0 spiro atoms. The van der Waals surface area contributed by atoms with E-state index in [4.69, 9.17) is 15.2 Å². The fourth-order valence-corrected chi connectivity index (χ4v) is 5.09. The number of benzene rings is 4. The van der Waals surface area contributed by atoms with Crippen LogP contribution in [0.4, 0.5) is 0 Å². The van der Waals surface area contributed by atoms with Crippen LogP contribution in [-0.4, -0.2) is 41.8 Å². The minimum atomic E-state index is -1.08. The molecule has 10 heteroatoms. The Morgan fingerprint density at radius 2 is 1.20 bits per heavy atom. The number of amides is 4. The van der Waals surface area contributed by atoms with Gasteiger partial charge in [-0.3, -0.25) is 19.2 Å². The number of piperazine rings is 1. The van der Waals surface area contributed by atoms with E-state index in [-0.39, 0.29) is 18.7 Å². The van der Waals surface area contributed by atoms with E-state index in [0.29, 0.717) is 36.7 Å². The summed E-state index contributed by atoms with van der Waals surface area (Å²) in [5.41, 5.74) is 9.19. The van der Waals surface area contributed by atoms with Gasteiger partial charge in [-0.15, -0.1) is 0 Å². The van der Waals surface area contributed by atoms with Gasteiger partial charge in [0.15, 0.2) is 11.5 Å². The molecule has 5 N–H and O–H groups in total. The molecule has 4 amide bonds. The monoisotopic (exact) mass is 620 g/mol. The third-order valence-electron chi connectivity index (χ3n) is 7.54. The minimum Gasteiger partial charge on any atom is -0.485 e. The molecule has 0 bridgehead atoms. The quantitative estimate of drug-likeness (QED) is 0.170. The maximum Gasteiger partial charge on any atom is 0.243 e. The molecule has 3 atom stereocenters. The van der Waals surface area contributed by atoms with Crippen LogP contribution in [0.5, 0.6) is 11.5 Å². The van der Waals surface area contributed by atoms with Crippen LogP contribution in [0.2, 0.25) is 0 Å². The Labute approximate surface area is 267 Å². The Balaban J connectivity index is 1.22. The van der Waals surface area contributed by atoms with E-state index in [2.05, 4.69) is 16.0 Å². The zero-order valence-electron chi connectivity index (χ0n) is 25.2. The highest BCUT2D eigenvalue weighted by Crippen LogP contribution is 2.30. The van der Waals surface area contributed by atoms with Gasteiger partial charge in [0.1, 0.15) is 31.3 Å². The van der Waals surface area contributed by atoms with Crippen molar-refractivity contribution in [3.63, 3.8) is 0 Å². The molecular formula is C36H36N4O6. The predicted octanol–water partition coefficient (Wildman–Crippen LogP) is 2.97. The lowest BCUT2D eigenvalue weighted by molar-refractivity contribution is -0.138. The van der Waals surface area contributed by atoms with Gasteiger partial charge in [0.25, 0.3) is 0 Å². The first-order valence-electron chi connectivity index (χ1n) is 15.0. The fourth-order valence-electron chi connectivity index (χ4n) is 5.09. The van der Waals surface area contributed by atoms with E-state index < -0.39 is 35.8 Å². The summed E-state index contributed by atoms with van der Waals surface area (Å²) < 4.78 is 12.2. The van der Waals surface area contributed by atoms with Gasteiger partial charge in [0.05, 0.1) is 6.42 Å². The van der Waals surface area contributed by atoms with Gasteiger partial charge in [0.2, 0.25) is 23.6 Å². The van der Waals surface area contributed by atoms with Gasteiger partial charge in [-0.05, 0) is 34.4 Å². The molecule has 1 heterocycles. The third-order valence-corrected chi connectivity index (χ3v) is 7.54. The van der Waals surface area contributed by atoms with Crippen LogP contribution >= 0.6 is 0 Å². The van der Waals surface area contributed by atoms with E-state index in [1.54, 1.807) is 18.2 Å². The molecule has 0 unspecified atom stereocenters. The summed E-state index contributed by atoms with van der Waals surface area (Å²) in [5, 5.41) is 7.94. The molecule has 0 saturated carbocycles. The van der Waals surface area contributed by atoms with Crippen molar-refractivity contribution >= 4 is 23.6 Å². The molecule has 236 valence electrons. The first-order valence-corrected chi connectivity index (χ1v) is 15.0. The fraction of sp³-hybridized carbons (Fsp3) is 0.222. The van der Waals surface area contributed by atoms with Crippen molar-refractivity contribution in [3.8, 4) is 11.5 Å². The Morgan fingerprint density at radius 3 is 1.78 bits per heavy atom. The van der Waals surface area contributed by atoms with Gasteiger partial charge < -0.3 is 31.2 Å². The molecule has 1 aliphatic rings.